The van der Waals surface area contributed by atoms with E-state index in [0.29, 0.717) is 6.42 Å². The van der Waals surface area contributed by atoms with E-state index in [4.69, 9.17) is 4.74 Å². The van der Waals surface area contributed by atoms with Crippen LogP contribution in [0.25, 0.3) is 0 Å². The van der Waals surface area contributed by atoms with E-state index in [9.17, 15) is 4.79 Å². The molecule has 3 nitrogen and oxygen atoms in total. The molecule has 0 unspecified atom stereocenters. The highest BCUT2D eigenvalue weighted by Gasteiger charge is 2.22. The maximum absolute atomic E-state index is 12.0. The van der Waals surface area contributed by atoms with Gasteiger partial charge >= 0.3 is 0 Å². The van der Waals surface area contributed by atoms with Crippen molar-refractivity contribution >= 4 is 17.1 Å². The maximum atomic E-state index is 12.0. The lowest BCUT2D eigenvalue weighted by Crippen LogP contribution is -2.21. The molecule has 0 bridgehead atoms. The Morgan fingerprint density at radius 3 is 2.95 bits per heavy atom. The minimum Gasteiger partial charge on any atom is -0.497 e. The van der Waals surface area contributed by atoms with Gasteiger partial charge in [0.05, 0.1) is 7.11 Å². The highest BCUT2D eigenvalue weighted by atomic mass is 32.1. The number of ether oxygens (including phenoxy) is 1. The first-order valence-electron chi connectivity index (χ1n) is 7.38. The van der Waals surface area contributed by atoms with Gasteiger partial charge in [0.15, 0.2) is 5.78 Å². The van der Waals surface area contributed by atoms with E-state index in [2.05, 4.69) is 22.8 Å². The lowest BCUT2D eigenvalue weighted by atomic mass is 9.85. The first-order chi connectivity index (χ1) is 10.7. The summed E-state index contributed by atoms with van der Waals surface area (Å²) in [5.41, 5.74) is 2.19. The van der Waals surface area contributed by atoms with E-state index in [-0.39, 0.29) is 11.7 Å². The second-order valence-electron chi connectivity index (χ2n) is 5.45. The van der Waals surface area contributed by atoms with Gasteiger partial charge < -0.3 is 10.1 Å². The largest absolute Gasteiger partial charge is 0.497 e. The molecule has 4 heteroatoms. The number of allylic oxidation sites excluding steroid dienone is 2. The molecule has 1 atom stereocenters. The van der Waals surface area contributed by atoms with Crippen LogP contribution >= 0.6 is 11.3 Å². The van der Waals surface area contributed by atoms with Crippen LogP contribution < -0.4 is 10.1 Å². The Hall–Kier alpha value is -2.07. The second kappa shape index (κ2) is 6.79. The van der Waals surface area contributed by atoms with Gasteiger partial charge in [-0.15, -0.1) is 11.3 Å². The van der Waals surface area contributed by atoms with Crippen molar-refractivity contribution in [2.45, 2.75) is 25.3 Å². The maximum Gasteiger partial charge on any atom is 0.158 e. The quantitative estimate of drug-likeness (QED) is 0.910. The van der Waals surface area contributed by atoms with E-state index >= 15 is 0 Å². The predicted molar refractivity (Wildman–Crippen MR) is 89.2 cm³/mol. The summed E-state index contributed by atoms with van der Waals surface area (Å²) in [6.45, 7) is 0.779. The molecule has 1 aromatic carbocycles. The first kappa shape index (κ1) is 14.9. The summed E-state index contributed by atoms with van der Waals surface area (Å²) in [4.78, 5) is 13.3. The number of nitrogens with one attached hydrogen (secondary N) is 1. The Labute approximate surface area is 134 Å². The van der Waals surface area contributed by atoms with Crippen LogP contribution in [0, 0.1) is 0 Å². The van der Waals surface area contributed by atoms with Crippen LogP contribution in [0.3, 0.4) is 0 Å². The van der Waals surface area contributed by atoms with Crippen LogP contribution in [0.4, 0.5) is 0 Å². The smallest absolute Gasteiger partial charge is 0.158 e. The Morgan fingerprint density at radius 1 is 1.27 bits per heavy atom. The SMILES string of the molecule is COc1cccc([C@@H]2CC(=O)C=C(NCc3cccs3)C2)c1. The van der Waals surface area contributed by atoms with Crippen molar-refractivity contribution in [1.29, 1.82) is 0 Å². The molecule has 1 aliphatic carbocycles. The van der Waals surface area contributed by atoms with Crippen LogP contribution in [-0.2, 0) is 11.3 Å². The number of hydrogen-bond acceptors (Lipinski definition) is 4. The van der Waals surface area contributed by atoms with E-state index in [1.165, 1.54) is 4.88 Å². The van der Waals surface area contributed by atoms with E-state index in [1.807, 2.05) is 24.3 Å². The van der Waals surface area contributed by atoms with E-state index < -0.39 is 0 Å². The van der Waals surface area contributed by atoms with E-state index in [0.717, 1.165) is 30.0 Å². The minimum absolute atomic E-state index is 0.188. The van der Waals surface area contributed by atoms with Crippen molar-refractivity contribution in [2.24, 2.45) is 0 Å². The Balaban J connectivity index is 1.70. The normalized spacial score (nSPS) is 18.0. The van der Waals surface area contributed by atoms with Gasteiger partial charge in [0.1, 0.15) is 5.75 Å². The van der Waals surface area contributed by atoms with Crippen LogP contribution in [0.2, 0.25) is 0 Å². The molecule has 1 aliphatic rings. The minimum atomic E-state index is 0.188. The highest BCUT2D eigenvalue weighted by molar-refractivity contribution is 7.09. The average Bonchev–Trinajstić information content (AvgIpc) is 3.06. The summed E-state index contributed by atoms with van der Waals surface area (Å²) in [6, 6.07) is 12.2. The summed E-state index contributed by atoms with van der Waals surface area (Å²) in [5, 5.41) is 5.47. The summed E-state index contributed by atoms with van der Waals surface area (Å²) < 4.78 is 5.28. The van der Waals surface area contributed by atoms with Gasteiger partial charge in [-0.2, -0.15) is 0 Å². The third kappa shape index (κ3) is 3.57. The summed E-state index contributed by atoms with van der Waals surface area (Å²) in [5.74, 6) is 1.25. The van der Waals surface area contributed by atoms with Crippen LogP contribution in [0.5, 0.6) is 5.75 Å². The second-order valence-corrected chi connectivity index (χ2v) is 6.48. The van der Waals surface area contributed by atoms with Crippen LogP contribution in [0.15, 0.2) is 53.6 Å². The Bertz CT molecular complexity index is 676. The third-order valence-electron chi connectivity index (χ3n) is 3.88. The molecule has 0 radical (unpaired) electrons. The lowest BCUT2D eigenvalue weighted by Gasteiger charge is -2.23. The van der Waals surface area contributed by atoms with Crippen molar-refractivity contribution in [3.05, 3.63) is 64.0 Å². The summed E-state index contributed by atoms with van der Waals surface area (Å²) in [6.07, 6.45) is 3.19. The molecule has 1 heterocycles. The topological polar surface area (TPSA) is 38.3 Å². The molecule has 0 saturated carbocycles. The van der Waals surface area contributed by atoms with Gasteiger partial charge in [-0.1, -0.05) is 18.2 Å². The molecule has 0 saturated heterocycles. The molecule has 1 aromatic heterocycles. The molecular weight excluding hydrogens is 294 g/mol. The number of benzene rings is 1. The molecule has 1 N–H and O–H groups in total. The number of rotatable bonds is 5. The average molecular weight is 313 g/mol. The lowest BCUT2D eigenvalue weighted by molar-refractivity contribution is -0.115. The van der Waals surface area contributed by atoms with Crippen LogP contribution in [0.1, 0.15) is 29.2 Å². The number of thiophene rings is 1. The third-order valence-corrected chi connectivity index (χ3v) is 4.76. The molecule has 3 rings (SSSR count). The van der Waals surface area contributed by atoms with Gasteiger partial charge in [-0.3, -0.25) is 4.79 Å². The molecule has 22 heavy (non-hydrogen) atoms. The van der Waals surface area contributed by atoms with Crippen molar-refractivity contribution in [2.75, 3.05) is 7.11 Å². The molecule has 0 amide bonds. The van der Waals surface area contributed by atoms with E-state index in [1.54, 1.807) is 24.5 Å². The summed E-state index contributed by atoms with van der Waals surface area (Å²) >= 11 is 1.72. The highest BCUT2D eigenvalue weighted by Crippen LogP contribution is 2.32. The first-order valence-corrected chi connectivity index (χ1v) is 8.26. The van der Waals surface area contributed by atoms with Gasteiger partial charge in [0, 0.05) is 29.6 Å². The van der Waals surface area contributed by atoms with Crippen molar-refractivity contribution in [1.82, 2.24) is 5.32 Å². The van der Waals surface area contributed by atoms with Gasteiger partial charge in [0.25, 0.3) is 0 Å². The fourth-order valence-corrected chi connectivity index (χ4v) is 3.41. The van der Waals surface area contributed by atoms with Gasteiger partial charge in [-0.25, -0.2) is 0 Å². The number of hydrogen-bond donors (Lipinski definition) is 1. The fraction of sp³-hybridized carbons (Fsp3) is 0.278. The number of carbonyl (C=O) groups is 1. The number of ketones is 1. The summed E-state index contributed by atoms with van der Waals surface area (Å²) in [7, 11) is 1.67. The Morgan fingerprint density at radius 2 is 2.18 bits per heavy atom. The zero-order chi connectivity index (χ0) is 15.4. The molecule has 0 spiro atoms. The predicted octanol–water partition coefficient (Wildman–Crippen LogP) is 3.88. The molecule has 2 aromatic rings. The fourth-order valence-electron chi connectivity index (χ4n) is 2.76. The van der Waals surface area contributed by atoms with Crippen molar-refractivity contribution in [3.63, 3.8) is 0 Å². The molecule has 0 fully saturated rings. The van der Waals surface area contributed by atoms with Gasteiger partial charge in [-0.05, 0) is 41.5 Å². The zero-order valence-electron chi connectivity index (χ0n) is 12.5. The monoisotopic (exact) mass is 313 g/mol. The van der Waals surface area contributed by atoms with Crippen molar-refractivity contribution < 1.29 is 9.53 Å². The number of carbonyl (C=O) groups excluding carboxylic acids is 1. The van der Waals surface area contributed by atoms with Gasteiger partial charge in [0.2, 0.25) is 0 Å². The van der Waals surface area contributed by atoms with Crippen LogP contribution in [-0.4, -0.2) is 12.9 Å². The molecule has 0 aliphatic heterocycles. The zero-order valence-corrected chi connectivity index (χ0v) is 13.4. The number of methoxy groups -OCH3 is 1. The Kier molecular flexibility index (Phi) is 4.59. The standard InChI is InChI=1S/C18H19NO2S/c1-21-17-5-2-4-13(10-17)14-8-15(11-16(20)9-14)19-12-18-6-3-7-22-18/h2-7,10-11,14,19H,8-9,12H2,1H3/t14-/m0/s1. The molecule has 114 valence electrons. The van der Waals surface area contributed by atoms with Crippen molar-refractivity contribution in [3.8, 4) is 5.75 Å². The molecular formula is C18H19NO2S.